The first-order chi connectivity index (χ1) is 18.9. The fourth-order valence-electron chi connectivity index (χ4n) is 5.97. The molecular weight excluding hydrogens is 520 g/mol. The molecule has 0 aromatic carbocycles. The van der Waals surface area contributed by atoms with E-state index in [1.54, 1.807) is 0 Å². The molecule has 0 aromatic rings. The minimum atomic E-state index is -1.75. The van der Waals surface area contributed by atoms with Crippen LogP contribution >= 0.6 is 0 Å². The Kier molecular flexibility index (Phi) is 33.4. The zero-order valence-corrected chi connectivity index (χ0v) is 28.6. The number of unbranched alkanes of at least 4 members (excludes halogenated alkanes) is 20. The summed E-state index contributed by atoms with van der Waals surface area (Å²) in [6, 6.07) is 0. The predicted molar refractivity (Wildman–Crippen MR) is 165 cm³/mol. The minimum absolute atomic E-state index is 0.788. The van der Waals surface area contributed by atoms with Crippen LogP contribution in [0.2, 0.25) is 0 Å². The molecule has 5 heteroatoms. The topological polar surface area (TPSA) is 77.8 Å². The Morgan fingerprint density at radius 3 is 0.718 bits per heavy atom. The van der Waals surface area contributed by atoms with Gasteiger partial charge in [0.05, 0.1) is 11.2 Å². The first-order valence-electron chi connectivity index (χ1n) is 17.4. The maximum atomic E-state index is 12.2. The molecule has 0 aliphatic rings. The second-order valence-corrected chi connectivity index (χ2v) is 12.5. The van der Waals surface area contributed by atoms with Crippen molar-refractivity contribution in [1.82, 2.24) is 0 Å². The molecule has 0 saturated carbocycles. The molecule has 0 spiro atoms. The molecular formula is C34H71O4Ti. The van der Waals surface area contributed by atoms with Crippen LogP contribution in [0.3, 0.4) is 0 Å². The molecule has 0 fully saturated rings. The third-order valence-corrected chi connectivity index (χ3v) is 8.64. The monoisotopic (exact) mass is 591 g/mol. The molecule has 3 N–H and O–H groups in total. The van der Waals surface area contributed by atoms with E-state index >= 15 is 0 Å². The van der Waals surface area contributed by atoms with Gasteiger partial charge < -0.3 is 10.2 Å². The molecule has 0 rings (SSSR count). The molecule has 0 radical (unpaired) electrons. The van der Waals surface area contributed by atoms with E-state index in [4.69, 9.17) is 7.01 Å². The maximum absolute atomic E-state index is 12.2. The van der Waals surface area contributed by atoms with Crippen molar-refractivity contribution >= 4 is 0 Å². The van der Waals surface area contributed by atoms with Crippen LogP contribution < -0.4 is 0 Å². The van der Waals surface area contributed by atoms with E-state index in [0.29, 0.717) is 0 Å². The molecule has 0 atom stereocenters. The molecule has 0 unspecified atom stereocenters. The number of hydrogen-bond acceptors (Lipinski definition) is 3. The van der Waals surface area contributed by atoms with Crippen LogP contribution in [0.15, 0.2) is 0 Å². The van der Waals surface area contributed by atoms with Gasteiger partial charge in [-0.25, -0.2) is 0 Å². The molecule has 0 bridgehead atoms. The van der Waals surface area contributed by atoms with Crippen LogP contribution in [-0.2, 0) is 22.8 Å². The van der Waals surface area contributed by atoms with Gasteiger partial charge in [0.25, 0.3) is 0 Å². The molecule has 0 saturated heterocycles. The van der Waals surface area contributed by atoms with Crippen molar-refractivity contribution in [2.24, 2.45) is 0 Å². The van der Waals surface area contributed by atoms with Crippen molar-refractivity contribution in [2.75, 3.05) is 0 Å². The Labute approximate surface area is 254 Å². The van der Waals surface area contributed by atoms with Gasteiger partial charge >= 0.3 is 26.5 Å². The van der Waals surface area contributed by atoms with Crippen molar-refractivity contribution < 1.29 is 36.7 Å². The quantitative estimate of drug-likeness (QED) is 0.0597. The fraction of sp³-hybridized carbons (Fsp3) is 1.00. The van der Waals surface area contributed by atoms with Gasteiger partial charge in [-0.15, -0.1) is 0 Å². The van der Waals surface area contributed by atoms with E-state index in [1.165, 1.54) is 128 Å². The van der Waals surface area contributed by atoms with E-state index in [9.17, 15) is 10.2 Å². The Morgan fingerprint density at radius 1 is 0.385 bits per heavy atom. The third-order valence-electron chi connectivity index (χ3n) is 8.64. The average molecular weight is 592 g/mol. The predicted octanol–water partition coefficient (Wildman–Crippen LogP) is 10.8. The molecule has 4 nitrogen and oxygen atoms in total. The summed E-state index contributed by atoms with van der Waals surface area (Å²) < 4.78 is 15.8. The first-order valence-corrected chi connectivity index (χ1v) is 18.7. The van der Waals surface area contributed by atoms with Gasteiger partial charge in [-0.2, -0.15) is 0 Å². The number of rotatable bonds is 29. The van der Waals surface area contributed by atoms with Gasteiger partial charge in [-0.05, 0) is 25.7 Å². The van der Waals surface area contributed by atoms with Crippen LogP contribution in [0, 0.1) is 0 Å². The van der Waals surface area contributed by atoms with Crippen LogP contribution in [0.25, 0.3) is 0 Å². The van der Waals surface area contributed by atoms with Gasteiger partial charge in [-0.3, -0.25) is 0 Å². The molecule has 0 amide bonds. The molecule has 39 heavy (non-hydrogen) atoms. The molecule has 0 aromatic heterocycles. The third kappa shape index (κ3) is 24.7. The summed E-state index contributed by atoms with van der Waals surface area (Å²) in [6.45, 7) is 9.07. The second kappa shape index (κ2) is 31.3. The summed E-state index contributed by atoms with van der Waals surface area (Å²) in [6.07, 6.45) is 32.9. The molecule has 0 aliphatic heterocycles. The van der Waals surface area contributed by atoms with Gasteiger partial charge in [-0.1, -0.05) is 182 Å². The van der Waals surface area contributed by atoms with E-state index in [2.05, 4.69) is 27.7 Å². The van der Waals surface area contributed by atoms with Gasteiger partial charge in [0.15, 0.2) is 0 Å². The van der Waals surface area contributed by atoms with E-state index < -0.39 is 30.7 Å². The van der Waals surface area contributed by atoms with E-state index in [0.717, 1.165) is 51.4 Å². The summed E-state index contributed by atoms with van der Waals surface area (Å²) in [5, 5.41) is 24.3. The number of aliphatic hydroxyl groups is 2. The zero-order valence-electron chi connectivity index (χ0n) is 27.0. The summed E-state index contributed by atoms with van der Waals surface area (Å²) in [5.74, 6) is 0. The Hall–Kier alpha value is 0.394. The van der Waals surface area contributed by atoms with Crippen molar-refractivity contribution in [3.05, 3.63) is 0 Å². The van der Waals surface area contributed by atoms with Crippen molar-refractivity contribution in [3.8, 4) is 0 Å². The summed E-state index contributed by atoms with van der Waals surface area (Å²) >= 11 is -1.75. The van der Waals surface area contributed by atoms with Crippen LogP contribution in [-0.4, -0.2) is 25.1 Å². The van der Waals surface area contributed by atoms with Gasteiger partial charge in [0, 0.05) is 0 Å². The summed E-state index contributed by atoms with van der Waals surface area (Å²) in [5.41, 5.74) is -1.81. The molecule has 0 aliphatic carbocycles. The summed E-state index contributed by atoms with van der Waals surface area (Å²) in [4.78, 5) is 0. The van der Waals surface area contributed by atoms with Crippen molar-refractivity contribution in [2.45, 2.75) is 219 Å². The zero-order chi connectivity index (χ0) is 29.5. The van der Waals surface area contributed by atoms with Crippen LogP contribution in [0.5, 0.6) is 0 Å². The molecule has 0 heterocycles. The van der Waals surface area contributed by atoms with E-state index in [-0.39, 0.29) is 0 Å². The first kappa shape index (κ1) is 41.5. The normalized spacial score (nSPS) is 11.8. The van der Waals surface area contributed by atoms with Crippen molar-refractivity contribution in [3.63, 3.8) is 0 Å². The second-order valence-electron chi connectivity index (χ2n) is 12.2. The Morgan fingerprint density at radius 2 is 0.538 bits per heavy atom. The van der Waals surface area contributed by atoms with Gasteiger partial charge in [0.1, 0.15) is 0 Å². The summed E-state index contributed by atoms with van der Waals surface area (Å²) in [7, 11) is 0. The van der Waals surface area contributed by atoms with Crippen LogP contribution in [0.4, 0.5) is 0 Å². The van der Waals surface area contributed by atoms with Crippen molar-refractivity contribution in [1.29, 1.82) is 0 Å². The van der Waals surface area contributed by atoms with E-state index in [1.807, 2.05) is 0 Å². The number of hydrogen-bond donors (Lipinski definition) is 3. The van der Waals surface area contributed by atoms with Gasteiger partial charge in [0.2, 0.25) is 0 Å². The Bertz CT molecular complexity index is 414. The molecule has 235 valence electrons. The SMILES string of the molecule is CCCCCCCCC(O)(CCCCCCCC)C(O)(CCCCCCCC)CCCCCCCC.[O]=[Ti][OH]. The van der Waals surface area contributed by atoms with Crippen LogP contribution in [0.1, 0.15) is 207 Å². The fourth-order valence-corrected chi connectivity index (χ4v) is 5.97. The standard InChI is InChI=1S/C34H70O2.H2O.O.Ti/c1-5-9-13-17-21-25-29-33(35,30-26-22-18-14-10-6-2)34(36,31-27-23-19-15-11-7-3)32-28-24-20-16-12-8-4;;;/h35-36H,5-32H2,1-4H3;1H2;;/q;;;+1/p-1. The Balaban J connectivity index is 0. The average Bonchev–Trinajstić information content (AvgIpc) is 2.92.